The van der Waals surface area contributed by atoms with Crippen LogP contribution in [0.5, 0.6) is 0 Å². The van der Waals surface area contributed by atoms with Gasteiger partial charge in [-0.3, -0.25) is 9.79 Å². The number of benzene rings is 1. The lowest BCUT2D eigenvalue weighted by Crippen LogP contribution is -2.39. The molecule has 0 atom stereocenters. The first-order chi connectivity index (χ1) is 12.6. The van der Waals surface area contributed by atoms with Crippen molar-refractivity contribution in [3.63, 3.8) is 0 Å². The van der Waals surface area contributed by atoms with Crippen molar-refractivity contribution in [2.24, 2.45) is 4.99 Å². The van der Waals surface area contributed by atoms with Crippen LogP contribution in [0.2, 0.25) is 5.02 Å². The lowest BCUT2D eigenvalue weighted by molar-refractivity contribution is -0.116. The highest BCUT2D eigenvalue weighted by atomic mass is 35.5. The summed E-state index contributed by atoms with van der Waals surface area (Å²) < 4.78 is 0. The normalized spacial score (nSPS) is 11.1. The molecule has 0 saturated heterocycles. The van der Waals surface area contributed by atoms with Gasteiger partial charge < -0.3 is 16.0 Å². The molecular weight excluding hydrogens is 350 g/mol. The van der Waals surface area contributed by atoms with Crippen molar-refractivity contribution in [1.82, 2.24) is 15.6 Å². The molecule has 26 heavy (non-hydrogen) atoms. The van der Waals surface area contributed by atoms with Gasteiger partial charge in [-0.15, -0.1) is 0 Å². The molecule has 1 amide bonds. The Labute approximate surface area is 159 Å². The van der Waals surface area contributed by atoms with Crippen molar-refractivity contribution in [3.8, 4) is 0 Å². The van der Waals surface area contributed by atoms with Crippen molar-refractivity contribution >= 4 is 29.3 Å². The molecule has 3 N–H and O–H groups in total. The van der Waals surface area contributed by atoms with Crippen LogP contribution in [-0.4, -0.2) is 37.0 Å². The summed E-state index contributed by atoms with van der Waals surface area (Å²) in [6, 6.07) is 11.5. The molecule has 0 saturated carbocycles. The fraction of sp³-hybridized carbons (Fsp3) is 0.316. The number of rotatable bonds is 7. The molecule has 2 rings (SSSR count). The molecule has 1 aromatic heterocycles. The molecule has 2 aromatic rings. The fourth-order valence-corrected chi connectivity index (χ4v) is 2.49. The van der Waals surface area contributed by atoms with Gasteiger partial charge in [-0.25, -0.2) is 4.98 Å². The summed E-state index contributed by atoms with van der Waals surface area (Å²) in [5, 5.41) is 9.85. The highest BCUT2D eigenvalue weighted by Gasteiger charge is 2.04. The highest BCUT2D eigenvalue weighted by molar-refractivity contribution is 6.30. The van der Waals surface area contributed by atoms with E-state index in [0.717, 1.165) is 29.1 Å². The number of pyridine rings is 1. The molecule has 0 aliphatic carbocycles. The van der Waals surface area contributed by atoms with E-state index in [9.17, 15) is 4.79 Å². The van der Waals surface area contributed by atoms with Gasteiger partial charge in [0.2, 0.25) is 5.91 Å². The zero-order chi connectivity index (χ0) is 18.8. The summed E-state index contributed by atoms with van der Waals surface area (Å²) in [6.45, 7) is 3.15. The Morgan fingerprint density at radius 2 is 2.00 bits per heavy atom. The maximum absolute atomic E-state index is 11.9. The number of amides is 1. The molecule has 0 aliphatic heterocycles. The van der Waals surface area contributed by atoms with Crippen molar-refractivity contribution < 1.29 is 4.79 Å². The number of aryl methyl sites for hydroxylation is 1. The third-order valence-corrected chi connectivity index (χ3v) is 3.88. The number of anilines is 1. The van der Waals surface area contributed by atoms with Gasteiger partial charge in [0.05, 0.1) is 0 Å². The van der Waals surface area contributed by atoms with E-state index in [-0.39, 0.29) is 5.91 Å². The molecule has 138 valence electrons. The van der Waals surface area contributed by atoms with Crippen LogP contribution < -0.4 is 16.0 Å². The smallest absolute Gasteiger partial charge is 0.227 e. The summed E-state index contributed by atoms with van der Waals surface area (Å²) in [5.41, 5.74) is 2.21. The molecular formula is C19H24ClN5O. The molecule has 0 fully saturated rings. The predicted molar refractivity (Wildman–Crippen MR) is 107 cm³/mol. The number of carbonyl (C=O) groups excluding carboxylic acids is 1. The number of hydrogen-bond donors (Lipinski definition) is 3. The lowest BCUT2D eigenvalue weighted by Gasteiger charge is -2.12. The van der Waals surface area contributed by atoms with Crippen LogP contribution in [0, 0.1) is 6.92 Å². The summed E-state index contributed by atoms with van der Waals surface area (Å²) in [4.78, 5) is 20.2. The quantitative estimate of drug-likeness (QED) is 0.515. The van der Waals surface area contributed by atoms with E-state index in [4.69, 9.17) is 11.6 Å². The van der Waals surface area contributed by atoms with Gasteiger partial charge >= 0.3 is 0 Å². The van der Waals surface area contributed by atoms with Gasteiger partial charge in [0, 0.05) is 37.8 Å². The van der Waals surface area contributed by atoms with Crippen LogP contribution >= 0.6 is 11.6 Å². The van der Waals surface area contributed by atoms with Crippen LogP contribution in [0.1, 0.15) is 17.5 Å². The van der Waals surface area contributed by atoms with E-state index in [0.29, 0.717) is 24.7 Å². The van der Waals surface area contributed by atoms with Crippen LogP contribution in [0.25, 0.3) is 0 Å². The Morgan fingerprint density at radius 3 is 2.69 bits per heavy atom. The second-order valence-electron chi connectivity index (χ2n) is 5.82. The second-order valence-corrected chi connectivity index (χ2v) is 6.26. The molecule has 1 heterocycles. The van der Waals surface area contributed by atoms with Gasteiger partial charge in [0.25, 0.3) is 0 Å². The summed E-state index contributed by atoms with van der Waals surface area (Å²) in [6.07, 6.45) is 2.88. The Bertz CT molecular complexity index is 746. The van der Waals surface area contributed by atoms with E-state index in [1.165, 1.54) is 0 Å². The maximum Gasteiger partial charge on any atom is 0.227 e. The van der Waals surface area contributed by atoms with E-state index in [2.05, 4.69) is 25.9 Å². The average Bonchev–Trinajstić information content (AvgIpc) is 2.62. The van der Waals surface area contributed by atoms with Gasteiger partial charge in [0.15, 0.2) is 5.96 Å². The Kier molecular flexibility index (Phi) is 7.89. The highest BCUT2D eigenvalue weighted by Crippen LogP contribution is 2.10. The van der Waals surface area contributed by atoms with Gasteiger partial charge in [-0.05, 0) is 42.7 Å². The van der Waals surface area contributed by atoms with Crippen LogP contribution in [0.15, 0.2) is 47.6 Å². The summed E-state index contributed by atoms with van der Waals surface area (Å²) >= 11 is 5.98. The van der Waals surface area contributed by atoms with E-state index in [1.54, 1.807) is 19.3 Å². The number of nitrogens with one attached hydrogen (secondary N) is 3. The first-order valence-electron chi connectivity index (χ1n) is 8.48. The first-order valence-corrected chi connectivity index (χ1v) is 8.86. The predicted octanol–water partition coefficient (Wildman–Crippen LogP) is 2.78. The number of nitrogens with zero attached hydrogens (tertiary/aromatic N) is 2. The number of halogens is 1. The van der Waals surface area contributed by atoms with Crippen molar-refractivity contribution in [2.75, 3.05) is 25.5 Å². The Hall–Kier alpha value is -2.60. The van der Waals surface area contributed by atoms with Crippen molar-refractivity contribution in [3.05, 3.63) is 58.7 Å². The SMILES string of the molecule is CN=C(NCCC(=O)Nc1ccc(C)cn1)NCCc1cccc(Cl)c1. The lowest BCUT2D eigenvalue weighted by atomic mass is 10.1. The van der Waals surface area contributed by atoms with Gasteiger partial charge in [-0.1, -0.05) is 29.8 Å². The van der Waals surface area contributed by atoms with Crippen molar-refractivity contribution in [2.45, 2.75) is 19.8 Å². The minimum Gasteiger partial charge on any atom is -0.356 e. The standard InChI is InChI=1S/C19H24ClN5O/c1-14-6-7-17(24-13-14)25-18(26)9-11-23-19(21-2)22-10-8-15-4-3-5-16(20)12-15/h3-7,12-13H,8-11H2,1-2H3,(H2,21,22,23)(H,24,25,26). The van der Waals surface area contributed by atoms with Crippen molar-refractivity contribution in [1.29, 1.82) is 0 Å². The molecule has 0 bridgehead atoms. The topological polar surface area (TPSA) is 78.4 Å². The van der Waals surface area contributed by atoms with E-state index >= 15 is 0 Å². The Morgan fingerprint density at radius 1 is 1.19 bits per heavy atom. The number of hydrogen-bond acceptors (Lipinski definition) is 3. The van der Waals surface area contributed by atoms with Crippen LogP contribution in [0.3, 0.4) is 0 Å². The number of carbonyl (C=O) groups is 1. The molecule has 0 unspecified atom stereocenters. The third-order valence-electron chi connectivity index (χ3n) is 3.64. The summed E-state index contributed by atoms with van der Waals surface area (Å²) in [7, 11) is 1.70. The minimum atomic E-state index is -0.0942. The molecule has 0 radical (unpaired) electrons. The van der Waals surface area contributed by atoms with Crippen LogP contribution in [0.4, 0.5) is 5.82 Å². The molecule has 7 heteroatoms. The zero-order valence-corrected chi connectivity index (χ0v) is 15.8. The second kappa shape index (κ2) is 10.4. The number of aliphatic imine (C=N–C) groups is 1. The largest absolute Gasteiger partial charge is 0.356 e. The zero-order valence-electron chi connectivity index (χ0n) is 15.1. The molecule has 6 nitrogen and oxygen atoms in total. The maximum atomic E-state index is 11.9. The van der Waals surface area contributed by atoms with E-state index < -0.39 is 0 Å². The third kappa shape index (κ3) is 7.11. The average molecular weight is 374 g/mol. The minimum absolute atomic E-state index is 0.0942. The molecule has 1 aromatic carbocycles. The summed E-state index contributed by atoms with van der Waals surface area (Å²) in [5.74, 6) is 1.13. The molecule has 0 spiro atoms. The number of aromatic nitrogens is 1. The monoisotopic (exact) mass is 373 g/mol. The number of guanidine groups is 1. The van der Waals surface area contributed by atoms with Gasteiger partial charge in [0.1, 0.15) is 5.82 Å². The van der Waals surface area contributed by atoms with Crippen LogP contribution in [-0.2, 0) is 11.2 Å². The fourth-order valence-electron chi connectivity index (χ4n) is 2.28. The first kappa shape index (κ1) is 19.7. The Balaban J connectivity index is 1.66. The van der Waals surface area contributed by atoms with Gasteiger partial charge in [-0.2, -0.15) is 0 Å². The molecule has 0 aliphatic rings. The van der Waals surface area contributed by atoms with E-state index in [1.807, 2.05) is 37.3 Å².